The number of carbonyl (C=O) groups is 1. The van der Waals surface area contributed by atoms with Crippen molar-refractivity contribution in [2.45, 2.75) is 25.9 Å². The van der Waals surface area contributed by atoms with Gasteiger partial charge in [-0.05, 0) is 38.1 Å². The van der Waals surface area contributed by atoms with E-state index in [-0.39, 0.29) is 18.0 Å². The number of halogens is 1. The van der Waals surface area contributed by atoms with Gasteiger partial charge in [0.15, 0.2) is 6.04 Å². The Labute approximate surface area is 141 Å². The monoisotopic (exact) mass is 333 g/mol. The van der Waals surface area contributed by atoms with Crippen LogP contribution in [-0.4, -0.2) is 19.1 Å². The van der Waals surface area contributed by atoms with Crippen molar-refractivity contribution in [3.8, 4) is 5.75 Å². The minimum Gasteiger partial charge on any atom is -0.495 e. The number of rotatable bonds is 6. The number of anilines is 1. The van der Waals surface area contributed by atoms with Crippen molar-refractivity contribution in [1.29, 1.82) is 0 Å². The molecule has 0 aromatic heterocycles. The van der Waals surface area contributed by atoms with Crippen molar-refractivity contribution in [2.75, 3.05) is 12.4 Å². The maximum atomic E-state index is 12.4. The first-order valence-electron chi connectivity index (χ1n) is 7.55. The number of benzene rings is 2. The van der Waals surface area contributed by atoms with Crippen LogP contribution in [-0.2, 0) is 4.79 Å². The molecule has 0 radical (unpaired) electrons. The Bertz CT molecular complexity index is 658. The fourth-order valence-electron chi connectivity index (χ4n) is 2.39. The highest BCUT2D eigenvalue weighted by Gasteiger charge is 2.21. The van der Waals surface area contributed by atoms with E-state index in [9.17, 15) is 4.79 Å². The summed E-state index contributed by atoms with van der Waals surface area (Å²) in [4.78, 5) is 12.4. The van der Waals surface area contributed by atoms with E-state index in [1.165, 1.54) is 0 Å². The summed E-state index contributed by atoms with van der Waals surface area (Å²) < 4.78 is 5.25. The Morgan fingerprint density at radius 2 is 1.78 bits per heavy atom. The van der Waals surface area contributed by atoms with E-state index in [4.69, 9.17) is 16.3 Å². The average Bonchev–Trinajstić information content (AvgIpc) is 2.55. The van der Waals surface area contributed by atoms with Crippen LogP contribution in [0.1, 0.15) is 25.5 Å². The first-order chi connectivity index (χ1) is 11.0. The molecule has 0 heterocycles. The lowest BCUT2D eigenvalue weighted by Crippen LogP contribution is -2.91. The minimum absolute atomic E-state index is 0.0599. The lowest BCUT2D eigenvalue weighted by atomic mass is 10.1. The molecule has 0 unspecified atom stereocenters. The van der Waals surface area contributed by atoms with Crippen LogP contribution in [0.25, 0.3) is 0 Å². The predicted octanol–water partition coefficient (Wildman–Crippen LogP) is 3.00. The zero-order valence-electron chi connectivity index (χ0n) is 13.5. The van der Waals surface area contributed by atoms with Crippen LogP contribution in [0.2, 0.25) is 5.02 Å². The molecule has 2 rings (SSSR count). The van der Waals surface area contributed by atoms with Crippen molar-refractivity contribution < 1.29 is 14.8 Å². The molecule has 122 valence electrons. The van der Waals surface area contributed by atoms with Gasteiger partial charge in [-0.1, -0.05) is 35.9 Å². The lowest BCUT2D eigenvalue weighted by molar-refractivity contribution is -0.709. The number of carbonyl (C=O) groups excluding carboxylic acids is 1. The van der Waals surface area contributed by atoms with E-state index in [1.54, 1.807) is 7.11 Å². The third-order valence-electron chi connectivity index (χ3n) is 3.75. The lowest BCUT2D eigenvalue weighted by Gasteiger charge is -2.17. The summed E-state index contributed by atoms with van der Waals surface area (Å²) in [6.45, 7) is 3.95. The zero-order chi connectivity index (χ0) is 16.8. The van der Waals surface area contributed by atoms with Crippen LogP contribution in [0.15, 0.2) is 48.5 Å². The molecule has 0 saturated heterocycles. The SMILES string of the molecule is COc1ccccc1NC(=O)[C@@H](C)[NH2+][C@H](C)c1ccc(Cl)cc1. The third kappa shape index (κ3) is 4.71. The third-order valence-corrected chi connectivity index (χ3v) is 4.00. The van der Waals surface area contributed by atoms with Crippen LogP contribution < -0.4 is 15.4 Å². The molecular formula is C18H22ClN2O2+. The van der Waals surface area contributed by atoms with Gasteiger partial charge in [0.2, 0.25) is 0 Å². The molecule has 2 aromatic rings. The van der Waals surface area contributed by atoms with Gasteiger partial charge in [-0.2, -0.15) is 0 Å². The van der Waals surface area contributed by atoms with Crippen molar-refractivity contribution in [3.63, 3.8) is 0 Å². The molecule has 0 aliphatic carbocycles. The molecular weight excluding hydrogens is 312 g/mol. The van der Waals surface area contributed by atoms with Crippen molar-refractivity contribution in [1.82, 2.24) is 0 Å². The van der Waals surface area contributed by atoms with Crippen LogP contribution in [0.3, 0.4) is 0 Å². The number of hydrogen-bond donors (Lipinski definition) is 2. The summed E-state index contributed by atoms with van der Waals surface area (Å²) in [7, 11) is 1.59. The van der Waals surface area contributed by atoms with Gasteiger partial charge >= 0.3 is 0 Å². The first kappa shape index (κ1) is 17.3. The van der Waals surface area contributed by atoms with Crippen LogP contribution in [0.5, 0.6) is 5.75 Å². The topological polar surface area (TPSA) is 54.9 Å². The largest absolute Gasteiger partial charge is 0.495 e. The predicted molar refractivity (Wildman–Crippen MR) is 92.9 cm³/mol. The molecule has 1 amide bonds. The second kappa shape index (κ2) is 7.99. The van der Waals surface area contributed by atoms with E-state index in [0.29, 0.717) is 16.5 Å². The smallest absolute Gasteiger partial charge is 0.282 e. The summed E-state index contributed by atoms with van der Waals surface area (Å²) in [5, 5.41) is 5.64. The van der Waals surface area contributed by atoms with Crippen molar-refractivity contribution in [3.05, 3.63) is 59.1 Å². The highest BCUT2D eigenvalue weighted by Crippen LogP contribution is 2.23. The van der Waals surface area contributed by atoms with E-state index in [0.717, 1.165) is 5.56 Å². The Morgan fingerprint density at radius 1 is 1.13 bits per heavy atom. The van der Waals surface area contributed by atoms with Crippen molar-refractivity contribution >= 4 is 23.2 Å². The van der Waals surface area contributed by atoms with E-state index in [1.807, 2.05) is 60.8 Å². The molecule has 0 aliphatic heterocycles. The van der Waals surface area contributed by atoms with Gasteiger partial charge < -0.3 is 15.4 Å². The Morgan fingerprint density at radius 3 is 2.43 bits per heavy atom. The van der Waals surface area contributed by atoms with Gasteiger partial charge in [0, 0.05) is 10.6 Å². The van der Waals surface area contributed by atoms with E-state index < -0.39 is 0 Å². The summed E-state index contributed by atoms with van der Waals surface area (Å²) in [6.07, 6.45) is 0. The first-order valence-corrected chi connectivity index (χ1v) is 7.93. The molecule has 0 spiro atoms. The number of hydrogen-bond acceptors (Lipinski definition) is 2. The van der Waals surface area contributed by atoms with Gasteiger partial charge in [-0.3, -0.25) is 4.79 Å². The maximum absolute atomic E-state index is 12.4. The highest BCUT2D eigenvalue weighted by molar-refractivity contribution is 6.30. The Kier molecular flexibility index (Phi) is 6.02. The average molecular weight is 334 g/mol. The molecule has 0 aliphatic rings. The molecule has 0 bridgehead atoms. The quantitative estimate of drug-likeness (QED) is 0.853. The fourth-order valence-corrected chi connectivity index (χ4v) is 2.52. The summed E-state index contributed by atoms with van der Waals surface area (Å²) in [5.74, 6) is 0.592. The van der Waals surface area contributed by atoms with E-state index >= 15 is 0 Å². The summed E-state index contributed by atoms with van der Waals surface area (Å²) >= 11 is 5.91. The van der Waals surface area contributed by atoms with Gasteiger partial charge in [-0.25, -0.2) is 0 Å². The number of methoxy groups -OCH3 is 1. The van der Waals surface area contributed by atoms with Crippen LogP contribution in [0.4, 0.5) is 5.69 Å². The van der Waals surface area contributed by atoms with Gasteiger partial charge in [0.25, 0.3) is 5.91 Å². The number of ether oxygens (including phenoxy) is 1. The second-order valence-corrected chi connectivity index (χ2v) is 5.95. The summed E-state index contributed by atoms with van der Waals surface area (Å²) in [5.41, 5.74) is 1.81. The minimum atomic E-state index is -0.231. The molecule has 3 N–H and O–H groups in total. The number of amides is 1. The van der Waals surface area contributed by atoms with Gasteiger partial charge in [0.1, 0.15) is 11.8 Å². The van der Waals surface area contributed by atoms with Gasteiger partial charge in [-0.15, -0.1) is 0 Å². The van der Waals surface area contributed by atoms with Crippen LogP contribution in [0, 0.1) is 0 Å². The normalized spacial score (nSPS) is 13.2. The fraction of sp³-hybridized carbons (Fsp3) is 0.278. The molecule has 0 saturated carbocycles. The molecule has 4 nitrogen and oxygen atoms in total. The number of para-hydroxylation sites is 2. The summed E-state index contributed by atoms with van der Waals surface area (Å²) in [6, 6.07) is 15.0. The van der Waals surface area contributed by atoms with Crippen LogP contribution >= 0.6 is 11.6 Å². The van der Waals surface area contributed by atoms with Gasteiger partial charge in [0.05, 0.1) is 12.8 Å². The zero-order valence-corrected chi connectivity index (χ0v) is 14.3. The molecule has 2 aromatic carbocycles. The molecule has 5 heteroatoms. The Balaban J connectivity index is 1.98. The molecule has 0 fully saturated rings. The number of nitrogens with one attached hydrogen (secondary N) is 1. The Hall–Kier alpha value is -2.04. The second-order valence-electron chi connectivity index (χ2n) is 5.51. The highest BCUT2D eigenvalue weighted by atomic mass is 35.5. The molecule has 23 heavy (non-hydrogen) atoms. The molecule has 2 atom stereocenters. The number of quaternary nitrogens is 1. The van der Waals surface area contributed by atoms with E-state index in [2.05, 4.69) is 12.2 Å². The maximum Gasteiger partial charge on any atom is 0.282 e. The number of nitrogens with two attached hydrogens (primary N) is 1. The van der Waals surface area contributed by atoms with Crippen molar-refractivity contribution in [2.24, 2.45) is 0 Å². The standard InChI is InChI=1S/C18H21ClN2O2/c1-12(14-8-10-15(19)11-9-14)20-13(2)18(22)21-16-6-4-5-7-17(16)23-3/h4-13,20H,1-3H3,(H,21,22)/p+1/t12-,13-/m1/s1.